The van der Waals surface area contributed by atoms with Gasteiger partial charge in [0.2, 0.25) is 5.91 Å². The Hall–Kier alpha value is -1.35. The fourth-order valence-corrected chi connectivity index (χ4v) is 2.91. The van der Waals surface area contributed by atoms with Crippen LogP contribution in [0.2, 0.25) is 0 Å². The second-order valence-electron chi connectivity index (χ2n) is 5.43. The largest absolute Gasteiger partial charge is 0.396 e. The Morgan fingerprint density at radius 2 is 1.89 bits per heavy atom. The topological polar surface area (TPSA) is 63.3 Å². The normalized spacial score (nSPS) is 27.9. The van der Waals surface area contributed by atoms with Gasteiger partial charge in [0.25, 0.3) is 0 Å². The van der Waals surface area contributed by atoms with Crippen LogP contribution in [0.3, 0.4) is 0 Å². The van der Waals surface area contributed by atoms with E-state index < -0.39 is 5.41 Å². The summed E-state index contributed by atoms with van der Waals surface area (Å²) in [5, 5.41) is 9.17. The standard InChI is InChI=1S/C15H21NO2/c16-14(18)15(8-6-13(11-17)7-9-15)10-12-4-2-1-3-5-12/h1-5,13,17H,6-11H2,(H2,16,18). The highest BCUT2D eigenvalue weighted by Crippen LogP contribution is 2.41. The Labute approximate surface area is 108 Å². The molecule has 1 saturated carbocycles. The molecule has 98 valence electrons. The van der Waals surface area contributed by atoms with Crippen LogP contribution < -0.4 is 5.73 Å². The van der Waals surface area contributed by atoms with Gasteiger partial charge in [-0.05, 0) is 43.6 Å². The number of hydrogen-bond acceptors (Lipinski definition) is 2. The third-order valence-electron chi connectivity index (χ3n) is 4.23. The van der Waals surface area contributed by atoms with Gasteiger partial charge in [-0.1, -0.05) is 30.3 Å². The zero-order valence-electron chi connectivity index (χ0n) is 10.6. The Morgan fingerprint density at radius 3 is 2.39 bits per heavy atom. The van der Waals surface area contributed by atoms with Crippen molar-refractivity contribution < 1.29 is 9.90 Å². The fourth-order valence-electron chi connectivity index (χ4n) is 2.91. The second kappa shape index (κ2) is 5.53. The van der Waals surface area contributed by atoms with Gasteiger partial charge in [0.1, 0.15) is 0 Å². The van der Waals surface area contributed by atoms with E-state index in [2.05, 4.69) is 0 Å². The molecule has 3 heteroatoms. The van der Waals surface area contributed by atoms with Gasteiger partial charge in [-0.15, -0.1) is 0 Å². The number of aliphatic hydroxyl groups excluding tert-OH is 1. The molecule has 0 radical (unpaired) electrons. The Kier molecular flexibility index (Phi) is 4.02. The second-order valence-corrected chi connectivity index (χ2v) is 5.43. The Bertz CT molecular complexity index is 394. The SMILES string of the molecule is NC(=O)C1(Cc2ccccc2)CCC(CO)CC1. The molecule has 0 aromatic heterocycles. The summed E-state index contributed by atoms with van der Waals surface area (Å²) in [5.74, 6) is 0.149. The summed E-state index contributed by atoms with van der Waals surface area (Å²) < 4.78 is 0. The minimum absolute atomic E-state index is 0.192. The monoisotopic (exact) mass is 247 g/mol. The number of hydrogen-bond donors (Lipinski definition) is 2. The molecule has 1 fully saturated rings. The molecule has 0 heterocycles. The van der Waals surface area contributed by atoms with E-state index in [0.29, 0.717) is 5.92 Å². The Morgan fingerprint density at radius 1 is 1.28 bits per heavy atom. The van der Waals surface area contributed by atoms with E-state index in [9.17, 15) is 9.90 Å². The van der Waals surface area contributed by atoms with E-state index in [1.54, 1.807) is 0 Å². The van der Waals surface area contributed by atoms with Crippen molar-refractivity contribution in [2.45, 2.75) is 32.1 Å². The van der Waals surface area contributed by atoms with Crippen LogP contribution in [0.1, 0.15) is 31.2 Å². The van der Waals surface area contributed by atoms with E-state index in [0.717, 1.165) is 32.1 Å². The van der Waals surface area contributed by atoms with Crippen LogP contribution >= 0.6 is 0 Å². The van der Waals surface area contributed by atoms with Crippen LogP contribution in [0.4, 0.5) is 0 Å². The summed E-state index contributed by atoms with van der Waals surface area (Å²) in [6.07, 6.45) is 4.10. The molecule has 0 saturated heterocycles. The first-order chi connectivity index (χ1) is 8.66. The summed E-state index contributed by atoms with van der Waals surface area (Å²) >= 11 is 0. The maximum Gasteiger partial charge on any atom is 0.223 e. The fraction of sp³-hybridized carbons (Fsp3) is 0.533. The van der Waals surface area contributed by atoms with E-state index in [1.807, 2.05) is 30.3 Å². The minimum Gasteiger partial charge on any atom is -0.396 e. The first-order valence-electron chi connectivity index (χ1n) is 6.61. The summed E-state index contributed by atoms with van der Waals surface area (Å²) in [4.78, 5) is 11.8. The van der Waals surface area contributed by atoms with Gasteiger partial charge >= 0.3 is 0 Å². The van der Waals surface area contributed by atoms with E-state index in [-0.39, 0.29) is 12.5 Å². The van der Waals surface area contributed by atoms with Crippen molar-refractivity contribution in [1.82, 2.24) is 0 Å². The van der Waals surface area contributed by atoms with Gasteiger partial charge in [0.05, 0.1) is 5.41 Å². The summed E-state index contributed by atoms with van der Waals surface area (Å²) in [6, 6.07) is 10.0. The van der Waals surface area contributed by atoms with Crippen molar-refractivity contribution in [2.24, 2.45) is 17.1 Å². The molecule has 3 N–H and O–H groups in total. The van der Waals surface area contributed by atoms with E-state index >= 15 is 0 Å². The smallest absolute Gasteiger partial charge is 0.223 e. The first-order valence-corrected chi connectivity index (χ1v) is 6.61. The molecule has 2 rings (SSSR count). The van der Waals surface area contributed by atoms with Crippen LogP contribution in [0.5, 0.6) is 0 Å². The van der Waals surface area contributed by atoms with Crippen LogP contribution in [-0.4, -0.2) is 17.6 Å². The lowest BCUT2D eigenvalue weighted by Gasteiger charge is -2.37. The number of carbonyl (C=O) groups is 1. The molecule has 0 atom stereocenters. The number of rotatable bonds is 4. The highest BCUT2D eigenvalue weighted by molar-refractivity contribution is 5.81. The van der Waals surface area contributed by atoms with Crippen molar-refractivity contribution in [1.29, 1.82) is 0 Å². The zero-order chi connectivity index (χ0) is 13.0. The molecule has 3 nitrogen and oxygen atoms in total. The lowest BCUT2D eigenvalue weighted by molar-refractivity contribution is -0.130. The van der Waals surface area contributed by atoms with Gasteiger partial charge in [-0.2, -0.15) is 0 Å². The summed E-state index contributed by atoms with van der Waals surface area (Å²) in [6.45, 7) is 0.222. The molecule has 1 aromatic rings. The van der Waals surface area contributed by atoms with Gasteiger partial charge < -0.3 is 10.8 Å². The molecule has 0 aliphatic heterocycles. The van der Waals surface area contributed by atoms with Gasteiger partial charge in [0.15, 0.2) is 0 Å². The number of primary amides is 1. The van der Waals surface area contributed by atoms with E-state index in [4.69, 9.17) is 5.73 Å². The van der Waals surface area contributed by atoms with Crippen molar-refractivity contribution in [3.63, 3.8) is 0 Å². The number of benzene rings is 1. The van der Waals surface area contributed by atoms with Crippen LogP contribution in [0, 0.1) is 11.3 Å². The van der Waals surface area contributed by atoms with E-state index in [1.165, 1.54) is 5.56 Å². The molecule has 0 spiro atoms. The molecule has 1 aromatic carbocycles. The average Bonchev–Trinajstić information content (AvgIpc) is 2.40. The predicted molar refractivity (Wildman–Crippen MR) is 70.8 cm³/mol. The first kappa shape index (κ1) is 13.1. The maximum atomic E-state index is 11.8. The van der Waals surface area contributed by atoms with Crippen LogP contribution in [0.25, 0.3) is 0 Å². The number of carbonyl (C=O) groups excluding carboxylic acids is 1. The summed E-state index contributed by atoms with van der Waals surface area (Å²) in [7, 11) is 0. The van der Waals surface area contributed by atoms with Crippen molar-refractivity contribution >= 4 is 5.91 Å². The lowest BCUT2D eigenvalue weighted by atomic mass is 9.67. The number of amides is 1. The molecule has 1 aliphatic rings. The molecule has 18 heavy (non-hydrogen) atoms. The highest BCUT2D eigenvalue weighted by Gasteiger charge is 2.40. The van der Waals surface area contributed by atoms with Gasteiger partial charge in [-0.25, -0.2) is 0 Å². The van der Waals surface area contributed by atoms with Gasteiger partial charge in [-0.3, -0.25) is 4.79 Å². The quantitative estimate of drug-likeness (QED) is 0.853. The molecule has 0 unspecified atom stereocenters. The number of nitrogens with two attached hydrogens (primary N) is 1. The third kappa shape index (κ3) is 2.72. The van der Waals surface area contributed by atoms with Crippen molar-refractivity contribution in [3.05, 3.63) is 35.9 Å². The van der Waals surface area contributed by atoms with Crippen LogP contribution in [0.15, 0.2) is 30.3 Å². The molecule has 0 bridgehead atoms. The summed E-state index contributed by atoms with van der Waals surface area (Å²) in [5.41, 5.74) is 6.39. The molecule has 1 aliphatic carbocycles. The average molecular weight is 247 g/mol. The Balaban J connectivity index is 2.12. The highest BCUT2D eigenvalue weighted by atomic mass is 16.3. The van der Waals surface area contributed by atoms with Gasteiger partial charge in [0, 0.05) is 6.61 Å². The third-order valence-corrected chi connectivity index (χ3v) is 4.23. The zero-order valence-corrected chi connectivity index (χ0v) is 10.6. The maximum absolute atomic E-state index is 11.8. The molecular weight excluding hydrogens is 226 g/mol. The van der Waals surface area contributed by atoms with Crippen LogP contribution in [-0.2, 0) is 11.2 Å². The lowest BCUT2D eigenvalue weighted by Crippen LogP contribution is -2.42. The minimum atomic E-state index is -0.410. The number of aliphatic hydroxyl groups is 1. The molecule has 1 amide bonds. The van der Waals surface area contributed by atoms with Crippen molar-refractivity contribution in [3.8, 4) is 0 Å². The molecular formula is C15H21NO2. The van der Waals surface area contributed by atoms with Crippen molar-refractivity contribution in [2.75, 3.05) is 6.61 Å². The predicted octanol–water partition coefficient (Wildman–Crippen LogP) is 1.88.